The quantitative estimate of drug-likeness (QED) is 0.0660. The van der Waals surface area contributed by atoms with Crippen molar-refractivity contribution in [1.29, 1.82) is 0 Å². The molecule has 2 aromatic heterocycles. The molecule has 2 aromatic carbocycles. The highest BCUT2D eigenvalue weighted by atomic mass is 32.1. The van der Waals surface area contributed by atoms with Crippen LogP contribution in [-0.4, -0.2) is 23.3 Å². The van der Waals surface area contributed by atoms with Crippen molar-refractivity contribution >= 4 is 60.6 Å². The first-order valence-corrected chi connectivity index (χ1v) is 15.7. The fourth-order valence-electron chi connectivity index (χ4n) is 4.59. The number of aryl methyl sites for hydroxylation is 3. The second-order valence-electron chi connectivity index (χ2n) is 10.1. The van der Waals surface area contributed by atoms with E-state index in [0.717, 1.165) is 74.9 Å². The maximum Gasteiger partial charge on any atom is 0.224 e. The van der Waals surface area contributed by atoms with Crippen LogP contribution in [0.5, 0.6) is 0 Å². The molecule has 4 aromatic rings. The molecule has 0 radical (unpaired) electrons. The Balaban J connectivity index is 1.08. The van der Waals surface area contributed by atoms with Gasteiger partial charge in [0.2, 0.25) is 5.13 Å². The van der Waals surface area contributed by atoms with Crippen molar-refractivity contribution in [3.05, 3.63) is 64.7 Å². The van der Waals surface area contributed by atoms with Crippen LogP contribution in [0.15, 0.2) is 48.5 Å². The molecule has 6 N–H and O–H groups in total. The van der Waals surface area contributed by atoms with Gasteiger partial charge < -0.3 is 21.2 Å². The number of aromatic nitrogens is 2. The van der Waals surface area contributed by atoms with Gasteiger partial charge in [0.25, 0.3) is 0 Å². The van der Waals surface area contributed by atoms with E-state index in [1.807, 2.05) is 12.1 Å². The van der Waals surface area contributed by atoms with Gasteiger partial charge in [-0.2, -0.15) is 0 Å². The number of unbranched alkanes of at least 4 members (excludes halogenated alkanes) is 2. The van der Waals surface area contributed by atoms with E-state index >= 15 is 0 Å². The monoisotopic (exact) mass is 577 g/mol. The molecular weight excluding hydrogens is 539 g/mol. The predicted octanol–water partition coefficient (Wildman–Crippen LogP) is 7.87. The molecule has 1 fully saturated rings. The van der Waals surface area contributed by atoms with E-state index in [9.17, 15) is 0 Å². The molecule has 40 heavy (non-hydrogen) atoms. The van der Waals surface area contributed by atoms with Crippen LogP contribution in [0, 0.1) is 13.8 Å². The first kappa shape index (κ1) is 27.9. The summed E-state index contributed by atoms with van der Waals surface area (Å²) in [6, 6.07) is 16.8. The van der Waals surface area contributed by atoms with Crippen LogP contribution in [0.2, 0.25) is 0 Å². The fraction of sp³-hybridized carbons (Fsp3) is 0.379. The number of hydrogen-bond donors (Lipinski definition) is 6. The van der Waals surface area contributed by atoms with Crippen LogP contribution >= 0.6 is 22.7 Å². The second kappa shape index (κ2) is 13.6. The molecule has 1 aliphatic rings. The van der Waals surface area contributed by atoms with Crippen LogP contribution in [0.1, 0.15) is 55.2 Å². The summed E-state index contributed by atoms with van der Waals surface area (Å²) in [5.74, 6) is 0. The van der Waals surface area contributed by atoms with Gasteiger partial charge in [-0.3, -0.25) is 16.3 Å². The maximum atomic E-state index is 4.28. The smallest absolute Gasteiger partial charge is 0.224 e. The van der Waals surface area contributed by atoms with Gasteiger partial charge in [-0.15, -0.1) is 10.2 Å². The lowest BCUT2D eigenvalue weighted by Crippen LogP contribution is -2.15. The Kier molecular flexibility index (Phi) is 9.46. The number of hydrogen-bond acceptors (Lipinski definition) is 11. The average Bonchev–Trinajstić information content (AvgIpc) is 3.73. The van der Waals surface area contributed by atoms with Crippen LogP contribution < -0.4 is 37.5 Å². The van der Waals surface area contributed by atoms with Gasteiger partial charge in [-0.1, -0.05) is 42.4 Å². The van der Waals surface area contributed by atoms with Crippen molar-refractivity contribution in [1.82, 2.24) is 10.2 Å². The number of hydrazine groups is 3. The molecule has 5 rings (SSSR count). The van der Waals surface area contributed by atoms with E-state index in [-0.39, 0.29) is 0 Å². The van der Waals surface area contributed by atoms with Crippen LogP contribution in [0.25, 0.3) is 0 Å². The van der Waals surface area contributed by atoms with E-state index in [1.165, 1.54) is 30.7 Å². The lowest BCUT2D eigenvalue weighted by atomic mass is 10.2. The van der Waals surface area contributed by atoms with Crippen molar-refractivity contribution in [3.8, 4) is 0 Å². The van der Waals surface area contributed by atoms with Gasteiger partial charge in [-0.05, 0) is 92.8 Å². The Morgan fingerprint density at radius 3 is 2.08 bits per heavy atom. The van der Waals surface area contributed by atoms with E-state index < -0.39 is 0 Å². The van der Waals surface area contributed by atoms with Crippen molar-refractivity contribution in [3.63, 3.8) is 0 Å². The predicted molar refractivity (Wildman–Crippen MR) is 173 cm³/mol. The van der Waals surface area contributed by atoms with Gasteiger partial charge in [0.1, 0.15) is 10.0 Å². The maximum absolute atomic E-state index is 4.28. The molecule has 0 bridgehead atoms. The number of nitrogens with zero attached hydrogens (tertiary/aromatic N) is 3. The summed E-state index contributed by atoms with van der Waals surface area (Å²) < 4.78 is 0. The van der Waals surface area contributed by atoms with Crippen molar-refractivity contribution in [2.45, 2.75) is 59.3 Å². The summed E-state index contributed by atoms with van der Waals surface area (Å²) in [4.78, 5) is 2.46. The molecular formula is C29H39N9S2. The summed E-state index contributed by atoms with van der Waals surface area (Å²) >= 11 is 3.39. The number of rotatable bonds is 14. The summed E-state index contributed by atoms with van der Waals surface area (Å²) in [7, 11) is 0. The van der Waals surface area contributed by atoms with Crippen LogP contribution in [0.3, 0.4) is 0 Å². The van der Waals surface area contributed by atoms with E-state index in [4.69, 9.17) is 0 Å². The van der Waals surface area contributed by atoms with Crippen molar-refractivity contribution in [2.75, 3.05) is 50.5 Å². The Morgan fingerprint density at radius 2 is 1.40 bits per heavy atom. The minimum atomic E-state index is 0.778. The zero-order valence-electron chi connectivity index (χ0n) is 23.4. The van der Waals surface area contributed by atoms with Gasteiger partial charge in [0.05, 0.1) is 27.8 Å². The molecule has 212 valence electrons. The Bertz CT molecular complexity index is 1380. The lowest BCUT2D eigenvalue weighted by molar-refractivity contribution is 0.710. The summed E-state index contributed by atoms with van der Waals surface area (Å²) in [5, 5.41) is 12.8. The van der Waals surface area contributed by atoms with E-state index in [0.29, 0.717) is 0 Å². The number of benzene rings is 2. The summed E-state index contributed by atoms with van der Waals surface area (Å²) in [5.41, 5.74) is 26.0. The third kappa shape index (κ3) is 7.48. The van der Waals surface area contributed by atoms with Gasteiger partial charge >= 0.3 is 0 Å². The van der Waals surface area contributed by atoms with Crippen molar-refractivity contribution < 1.29 is 0 Å². The largest absolute Gasteiger partial charge is 0.363 e. The number of thiophene rings is 1. The van der Waals surface area contributed by atoms with E-state index in [1.54, 1.807) is 22.7 Å². The zero-order valence-corrected chi connectivity index (χ0v) is 25.1. The molecule has 0 unspecified atom stereocenters. The first-order valence-electron chi connectivity index (χ1n) is 14.0. The minimum Gasteiger partial charge on any atom is -0.363 e. The number of anilines is 7. The highest BCUT2D eigenvalue weighted by molar-refractivity contribution is 7.20. The zero-order chi connectivity index (χ0) is 27.7. The molecule has 1 aliphatic heterocycles. The molecule has 3 heterocycles. The summed E-state index contributed by atoms with van der Waals surface area (Å²) in [6.45, 7) is 8.71. The molecule has 0 aliphatic carbocycles. The van der Waals surface area contributed by atoms with Crippen LogP contribution in [-0.2, 0) is 6.42 Å². The Labute approximate surface area is 244 Å². The molecule has 0 amide bonds. The fourth-order valence-corrected chi connectivity index (χ4v) is 6.24. The van der Waals surface area contributed by atoms with Crippen LogP contribution in [0.4, 0.5) is 37.9 Å². The molecule has 11 heteroatoms. The lowest BCUT2D eigenvalue weighted by Gasteiger charge is -2.16. The molecule has 0 saturated carbocycles. The SMILES string of the molecule is CCCCCc1nnc(NNc2ccc(NNc3ccc(NNc4ccc(N5CCCC5)s4)cc3C)cc2C)s1. The normalized spacial score (nSPS) is 12.8. The molecule has 0 spiro atoms. The minimum absolute atomic E-state index is 0.778. The van der Waals surface area contributed by atoms with Gasteiger partial charge in [0, 0.05) is 19.5 Å². The highest BCUT2D eigenvalue weighted by Crippen LogP contribution is 2.32. The number of nitrogens with one attached hydrogen (secondary N) is 6. The van der Waals surface area contributed by atoms with Crippen molar-refractivity contribution in [2.24, 2.45) is 0 Å². The van der Waals surface area contributed by atoms with Gasteiger partial charge in [-0.25, -0.2) is 0 Å². The molecule has 1 saturated heterocycles. The molecule has 9 nitrogen and oxygen atoms in total. The Morgan fingerprint density at radius 1 is 0.725 bits per heavy atom. The molecule has 0 atom stereocenters. The third-order valence-electron chi connectivity index (χ3n) is 6.90. The van der Waals surface area contributed by atoms with E-state index in [2.05, 4.69) is 105 Å². The second-order valence-corrected chi connectivity index (χ2v) is 12.2. The third-order valence-corrected chi connectivity index (χ3v) is 8.86. The standard InChI is InChI=1S/C29H39N9S2/c1-4-5-6-9-26-35-37-29(40-26)36-33-25-13-10-22(18-21(25)3)30-32-24-12-11-23(19-20(24)2)31-34-27-14-15-28(39-27)38-16-7-8-17-38/h10-15,18-19,30-34H,4-9,16-17H2,1-3H3,(H,36,37). The van der Waals surface area contributed by atoms with Gasteiger partial charge in [0.15, 0.2) is 0 Å². The highest BCUT2D eigenvalue weighted by Gasteiger charge is 2.14. The summed E-state index contributed by atoms with van der Waals surface area (Å²) in [6.07, 6.45) is 7.17. The topological polar surface area (TPSA) is 101 Å². The Hall–Kier alpha value is -3.70. The average molecular weight is 578 g/mol. The first-order chi connectivity index (χ1) is 19.6.